The van der Waals surface area contributed by atoms with Crippen LogP contribution in [0.15, 0.2) is 53.8 Å². The molecule has 10 heteroatoms. The molecule has 4 aromatic rings. The van der Waals surface area contributed by atoms with E-state index in [9.17, 15) is 4.21 Å². The Labute approximate surface area is 195 Å². The number of aliphatic imine (C=N–C) groups is 1. The molecule has 0 radical (unpaired) electrons. The van der Waals surface area contributed by atoms with Gasteiger partial charge in [-0.3, -0.25) is 14.4 Å². The highest BCUT2D eigenvalue weighted by atomic mass is 35.5. The average molecular weight is 485 g/mol. The average Bonchev–Trinajstić information content (AvgIpc) is 3.41. The van der Waals surface area contributed by atoms with Crippen molar-refractivity contribution in [2.75, 3.05) is 12.8 Å². The molecule has 0 aliphatic carbocycles. The highest BCUT2D eigenvalue weighted by Gasteiger charge is 2.40. The Kier molecular flexibility index (Phi) is 4.81. The Balaban J connectivity index is 1.64. The second-order valence-corrected chi connectivity index (χ2v) is 11.8. The third kappa shape index (κ3) is 3.28. The first-order valence-electron chi connectivity index (χ1n) is 9.81. The first-order valence-corrected chi connectivity index (χ1v) is 12.9. The number of fused-ring (bicyclic) bond motifs is 1. The van der Waals surface area contributed by atoms with Crippen LogP contribution in [0.1, 0.15) is 11.8 Å². The molecule has 1 aliphatic rings. The molecule has 0 saturated heterocycles. The van der Waals surface area contributed by atoms with Gasteiger partial charge in [0.2, 0.25) is 5.96 Å². The predicted octanol–water partition coefficient (Wildman–Crippen LogP) is 4.11. The van der Waals surface area contributed by atoms with Gasteiger partial charge in [-0.25, -0.2) is 9.20 Å². The molecule has 1 aromatic carbocycles. The molecule has 164 valence electrons. The highest BCUT2D eigenvalue weighted by molar-refractivity contribution is 7.98. The van der Waals surface area contributed by atoms with Gasteiger partial charge in [-0.1, -0.05) is 35.9 Å². The molecule has 3 N–H and O–H groups in total. The van der Waals surface area contributed by atoms with Crippen LogP contribution in [0.4, 0.5) is 0 Å². The lowest BCUT2D eigenvalue weighted by atomic mass is 10.0. The van der Waals surface area contributed by atoms with Crippen molar-refractivity contribution < 1.29 is 4.21 Å². The SMILES string of the molecule is C=S1(=O)C[C@@](C)(c2sc3c(-c4ccc(-c5ccn[nH]5)cc4)nccc3c2Cl)N=C(N)N1C. The zero-order valence-electron chi connectivity index (χ0n) is 17.5. The van der Waals surface area contributed by atoms with Gasteiger partial charge in [0.1, 0.15) is 5.54 Å². The topological polar surface area (TPSA) is 100 Å². The second kappa shape index (κ2) is 7.33. The molecule has 3 aromatic heterocycles. The summed E-state index contributed by atoms with van der Waals surface area (Å²) in [6.45, 7) is 1.90. The van der Waals surface area contributed by atoms with Gasteiger partial charge in [-0.15, -0.1) is 11.3 Å². The van der Waals surface area contributed by atoms with Gasteiger partial charge in [0, 0.05) is 30.4 Å². The molecular weight excluding hydrogens is 464 g/mol. The van der Waals surface area contributed by atoms with E-state index in [0.29, 0.717) is 5.02 Å². The first kappa shape index (κ1) is 21.0. The molecular formula is C22H21ClN6OS2. The summed E-state index contributed by atoms with van der Waals surface area (Å²) in [6, 6.07) is 11.9. The summed E-state index contributed by atoms with van der Waals surface area (Å²) in [5.74, 6) is 4.32. The summed E-state index contributed by atoms with van der Waals surface area (Å²) in [5.41, 5.74) is 9.05. The van der Waals surface area contributed by atoms with Crippen LogP contribution >= 0.6 is 22.9 Å². The number of nitrogens with one attached hydrogen (secondary N) is 1. The maximum Gasteiger partial charge on any atom is 0.203 e. The fourth-order valence-electron chi connectivity index (χ4n) is 3.95. The minimum absolute atomic E-state index is 0.194. The van der Waals surface area contributed by atoms with Crippen LogP contribution < -0.4 is 5.73 Å². The van der Waals surface area contributed by atoms with Crippen LogP contribution in [0.2, 0.25) is 5.02 Å². The van der Waals surface area contributed by atoms with Gasteiger partial charge in [0.15, 0.2) is 0 Å². The third-order valence-electron chi connectivity index (χ3n) is 5.69. The number of guanidine groups is 1. The van der Waals surface area contributed by atoms with Crippen molar-refractivity contribution >= 4 is 54.6 Å². The smallest absolute Gasteiger partial charge is 0.203 e. The van der Waals surface area contributed by atoms with Crippen LogP contribution in [0.25, 0.3) is 32.6 Å². The van der Waals surface area contributed by atoms with E-state index >= 15 is 0 Å². The van der Waals surface area contributed by atoms with Crippen molar-refractivity contribution in [2.24, 2.45) is 10.7 Å². The summed E-state index contributed by atoms with van der Waals surface area (Å²) >= 11 is 8.36. The van der Waals surface area contributed by atoms with Crippen LogP contribution in [0.5, 0.6) is 0 Å². The van der Waals surface area contributed by atoms with Crippen LogP contribution in [-0.4, -0.2) is 48.3 Å². The number of H-pyrrole nitrogens is 1. The number of aromatic nitrogens is 3. The maximum atomic E-state index is 13.1. The summed E-state index contributed by atoms with van der Waals surface area (Å²) in [5, 5.41) is 8.45. The normalized spacial score (nSPS) is 23.5. The van der Waals surface area contributed by atoms with E-state index in [1.807, 2.05) is 43.3 Å². The monoisotopic (exact) mass is 484 g/mol. The molecule has 2 atom stereocenters. The maximum absolute atomic E-state index is 13.1. The van der Waals surface area contributed by atoms with E-state index in [-0.39, 0.29) is 11.7 Å². The van der Waals surface area contributed by atoms with Gasteiger partial charge in [0.05, 0.1) is 41.4 Å². The van der Waals surface area contributed by atoms with Crippen molar-refractivity contribution in [3.63, 3.8) is 0 Å². The predicted molar refractivity (Wildman–Crippen MR) is 135 cm³/mol. The number of nitrogens with two attached hydrogens (primary N) is 1. The number of aromatic amines is 1. The number of thiophene rings is 1. The fraction of sp³-hybridized carbons (Fsp3) is 0.182. The molecule has 1 aliphatic heterocycles. The Morgan fingerprint density at radius 2 is 1.94 bits per heavy atom. The van der Waals surface area contributed by atoms with Gasteiger partial charge < -0.3 is 5.73 Å². The summed E-state index contributed by atoms with van der Waals surface area (Å²) < 4.78 is 15.5. The third-order valence-corrected chi connectivity index (χ3v) is 9.86. The minimum Gasteiger partial charge on any atom is -0.369 e. The zero-order chi connectivity index (χ0) is 22.7. The van der Waals surface area contributed by atoms with Crippen LogP contribution in [-0.2, 0) is 15.2 Å². The molecule has 1 unspecified atom stereocenters. The molecule has 0 bridgehead atoms. The van der Waals surface area contributed by atoms with Crippen LogP contribution in [0.3, 0.4) is 0 Å². The number of hydrogen-bond acceptors (Lipinski definition) is 6. The largest absolute Gasteiger partial charge is 0.369 e. The number of rotatable bonds is 3. The molecule has 7 nitrogen and oxygen atoms in total. The van der Waals surface area contributed by atoms with Gasteiger partial charge in [-0.05, 0) is 30.5 Å². The molecule has 5 rings (SSSR count). The van der Waals surface area contributed by atoms with E-state index in [4.69, 9.17) is 17.3 Å². The van der Waals surface area contributed by atoms with Crippen molar-refractivity contribution in [3.8, 4) is 22.5 Å². The van der Waals surface area contributed by atoms with Crippen molar-refractivity contribution in [1.82, 2.24) is 19.5 Å². The molecule has 0 amide bonds. The number of nitrogens with zero attached hydrogens (tertiary/aromatic N) is 4. The summed E-state index contributed by atoms with van der Waals surface area (Å²) in [7, 11) is -0.959. The first-order chi connectivity index (χ1) is 15.2. The van der Waals surface area contributed by atoms with Crippen molar-refractivity contribution in [1.29, 1.82) is 0 Å². The highest BCUT2D eigenvalue weighted by Crippen LogP contribution is 2.47. The summed E-state index contributed by atoms with van der Waals surface area (Å²) in [4.78, 5) is 10.1. The minimum atomic E-state index is -2.61. The molecule has 0 saturated carbocycles. The molecule has 0 spiro atoms. The standard InChI is InChI=1S/C22H21ClN6OS2/c1-22(12-32(3,30)29(2)21(24)27-22)20-17(23)15-8-10-25-18(19(15)31-20)14-6-4-13(5-7-14)16-9-11-26-28-16/h4-11H,3,12H2,1-2H3,(H2,24,27)(H,26,28)/t22-,32?/m0/s1. The van der Waals surface area contributed by atoms with E-state index in [1.54, 1.807) is 19.4 Å². The van der Waals surface area contributed by atoms with E-state index in [0.717, 1.165) is 37.5 Å². The Morgan fingerprint density at radius 3 is 2.59 bits per heavy atom. The number of hydrogen-bond donors (Lipinski definition) is 2. The second-order valence-electron chi connectivity index (χ2n) is 7.99. The quantitative estimate of drug-likeness (QED) is 0.427. The lowest BCUT2D eigenvalue weighted by molar-refractivity contribution is 0.522. The molecule has 0 fully saturated rings. The zero-order valence-corrected chi connectivity index (χ0v) is 19.9. The Hall–Kier alpha value is -2.88. The number of pyridine rings is 1. The summed E-state index contributed by atoms with van der Waals surface area (Å²) in [6.07, 6.45) is 3.48. The number of halogens is 1. The van der Waals surface area contributed by atoms with Crippen molar-refractivity contribution in [3.05, 3.63) is 58.7 Å². The molecule has 4 heterocycles. The molecule has 32 heavy (non-hydrogen) atoms. The number of benzene rings is 1. The van der Waals surface area contributed by atoms with Crippen LogP contribution in [0, 0.1) is 0 Å². The van der Waals surface area contributed by atoms with Crippen molar-refractivity contribution in [2.45, 2.75) is 12.5 Å². The lowest BCUT2D eigenvalue weighted by Crippen LogP contribution is -2.50. The Morgan fingerprint density at radius 1 is 1.22 bits per heavy atom. The van der Waals surface area contributed by atoms with E-state index in [1.165, 1.54) is 15.6 Å². The Bertz CT molecular complexity index is 1460. The lowest BCUT2D eigenvalue weighted by Gasteiger charge is -2.36. The van der Waals surface area contributed by atoms with Gasteiger partial charge >= 0.3 is 0 Å². The van der Waals surface area contributed by atoms with E-state index < -0.39 is 15.2 Å². The van der Waals surface area contributed by atoms with Gasteiger partial charge in [0.25, 0.3) is 0 Å². The van der Waals surface area contributed by atoms with E-state index in [2.05, 4.69) is 26.0 Å². The fourth-order valence-corrected chi connectivity index (χ4v) is 7.52. The van der Waals surface area contributed by atoms with Gasteiger partial charge in [-0.2, -0.15) is 5.10 Å².